The number of hydrogen-bond acceptors (Lipinski definition) is 5. The van der Waals surface area contributed by atoms with E-state index in [2.05, 4.69) is 10.2 Å². The van der Waals surface area contributed by atoms with Gasteiger partial charge < -0.3 is 20.7 Å². The largest absolute Gasteiger partial charge is 0.379 e. The predicted molar refractivity (Wildman–Crippen MR) is 74.0 cm³/mol. The van der Waals surface area contributed by atoms with Gasteiger partial charge in [0, 0.05) is 52.2 Å². The van der Waals surface area contributed by atoms with Gasteiger partial charge in [-0.2, -0.15) is 0 Å². The highest BCUT2D eigenvalue weighted by Gasteiger charge is 2.33. The van der Waals surface area contributed by atoms with Gasteiger partial charge in [-0.3, -0.25) is 14.5 Å². The second-order valence-corrected chi connectivity index (χ2v) is 5.27. The molecule has 114 valence electrons. The number of carbonyl (C=O) groups excluding carboxylic acids is 2. The molecule has 3 N–H and O–H groups in total. The van der Waals surface area contributed by atoms with Crippen LogP contribution < -0.4 is 11.1 Å². The molecule has 0 aliphatic carbocycles. The van der Waals surface area contributed by atoms with Gasteiger partial charge in [-0.25, -0.2) is 0 Å². The number of hydrogen-bond donors (Lipinski definition) is 2. The first-order valence-electron chi connectivity index (χ1n) is 7.26. The third kappa shape index (κ3) is 4.16. The predicted octanol–water partition coefficient (Wildman–Crippen LogP) is -1.76. The number of rotatable bonds is 6. The Balaban J connectivity index is 1.72. The van der Waals surface area contributed by atoms with Crippen molar-refractivity contribution < 1.29 is 14.3 Å². The molecule has 20 heavy (non-hydrogen) atoms. The van der Waals surface area contributed by atoms with Gasteiger partial charge in [-0.1, -0.05) is 0 Å². The average Bonchev–Trinajstić information content (AvgIpc) is 2.85. The molecule has 2 saturated heterocycles. The minimum atomic E-state index is -0.223. The van der Waals surface area contributed by atoms with Crippen LogP contribution in [0.1, 0.15) is 6.42 Å². The first-order chi connectivity index (χ1) is 9.70. The van der Waals surface area contributed by atoms with E-state index in [-0.39, 0.29) is 17.7 Å². The maximum atomic E-state index is 11.9. The summed E-state index contributed by atoms with van der Waals surface area (Å²) >= 11 is 0. The Kier molecular flexibility index (Phi) is 5.75. The molecule has 2 heterocycles. The minimum Gasteiger partial charge on any atom is -0.379 e. The quantitative estimate of drug-likeness (QED) is 0.603. The summed E-state index contributed by atoms with van der Waals surface area (Å²) in [6.45, 7) is 6.33. The van der Waals surface area contributed by atoms with Gasteiger partial charge in [0.25, 0.3) is 0 Å². The van der Waals surface area contributed by atoms with Gasteiger partial charge in [0.2, 0.25) is 11.8 Å². The SMILES string of the molecule is NCCNC(=O)C1CC(=O)N(CCN2CCOCC2)C1. The van der Waals surface area contributed by atoms with Crippen molar-refractivity contribution in [1.82, 2.24) is 15.1 Å². The molecule has 0 bridgehead atoms. The van der Waals surface area contributed by atoms with Crippen molar-refractivity contribution in [1.29, 1.82) is 0 Å². The van der Waals surface area contributed by atoms with Gasteiger partial charge in [-0.05, 0) is 0 Å². The van der Waals surface area contributed by atoms with Crippen molar-refractivity contribution >= 4 is 11.8 Å². The number of nitrogens with one attached hydrogen (secondary N) is 1. The second-order valence-electron chi connectivity index (χ2n) is 5.27. The summed E-state index contributed by atoms with van der Waals surface area (Å²) in [5, 5.41) is 2.75. The van der Waals surface area contributed by atoms with Crippen LogP contribution in [0.15, 0.2) is 0 Å². The van der Waals surface area contributed by atoms with E-state index < -0.39 is 0 Å². The lowest BCUT2D eigenvalue weighted by Crippen LogP contribution is -2.42. The van der Waals surface area contributed by atoms with Crippen molar-refractivity contribution in [2.75, 3.05) is 59.0 Å². The van der Waals surface area contributed by atoms with E-state index in [1.54, 1.807) is 4.90 Å². The summed E-state index contributed by atoms with van der Waals surface area (Å²) in [7, 11) is 0. The van der Waals surface area contributed by atoms with Crippen LogP contribution in [-0.4, -0.2) is 80.6 Å². The van der Waals surface area contributed by atoms with Crippen molar-refractivity contribution in [2.45, 2.75) is 6.42 Å². The molecule has 0 aromatic rings. The number of amides is 2. The van der Waals surface area contributed by atoms with Crippen LogP contribution in [0.25, 0.3) is 0 Å². The summed E-state index contributed by atoms with van der Waals surface area (Å²) in [6, 6.07) is 0. The standard InChI is InChI=1S/C13H24N4O3/c14-1-2-15-13(19)11-9-12(18)17(10-11)4-3-16-5-7-20-8-6-16/h11H,1-10,14H2,(H,15,19). The van der Waals surface area contributed by atoms with E-state index in [1.165, 1.54) is 0 Å². The van der Waals surface area contributed by atoms with Gasteiger partial charge in [0.15, 0.2) is 0 Å². The molecule has 0 radical (unpaired) electrons. The molecule has 0 spiro atoms. The van der Waals surface area contributed by atoms with Gasteiger partial charge in [0.05, 0.1) is 19.1 Å². The molecule has 2 rings (SSSR count). The molecule has 1 unspecified atom stereocenters. The van der Waals surface area contributed by atoms with Crippen molar-refractivity contribution in [2.24, 2.45) is 11.7 Å². The summed E-state index contributed by atoms with van der Waals surface area (Å²) in [5.41, 5.74) is 5.35. The highest BCUT2D eigenvalue weighted by Crippen LogP contribution is 2.17. The first-order valence-corrected chi connectivity index (χ1v) is 7.26. The lowest BCUT2D eigenvalue weighted by atomic mass is 10.1. The Morgan fingerprint density at radius 2 is 2.10 bits per heavy atom. The molecule has 2 aliphatic heterocycles. The van der Waals surface area contributed by atoms with Crippen LogP contribution in [0.2, 0.25) is 0 Å². The number of nitrogens with zero attached hydrogens (tertiary/aromatic N) is 2. The zero-order valence-corrected chi connectivity index (χ0v) is 11.8. The molecule has 2 amide bonds. The Labute approximate surface area is 119 Å². The van der Waals surface area contributed by atoms with Crippen LogP contribution in [-0.2, 0) is 14.3 Å². The Morgan fingerprint density at radius 3 is 2.80 bits per heavy atom. The summed E-state index contributed by atoms with van der Waals surface area (Å²) < 4.78 is 5.29. The van der Waals surface area contributed by atoms with Crippen LogP contribution in [0.3, 0.4) is 0 Å². The molecule has 7 nitrogen and oxygen atoms in total. The van der Waals surface area contributed by atoms with Crippen LogP contribution in [0.4, 0.5) is 0 Å². The minimum absolute atomic E-state index is 0.0577. The maximum absolute atomic E-state index is 11.9. The maximum Gasteiger partial charge on any atom is 0.225 e. The Hall–Kier alpha value is -1.18. The summed E-state index contributed by atoms with van der Waals surface area (Å²) in [5.74, 6) is -0.206. The van der Waals surface area contributed by atoms with Gasteiger partial charge in [0.1, 0.15) is 0 Å². The van der Waals surface area contributed by atoms with E-state index in [0.717, 1.165) is 32.8 Å². The first kappa shape index (κ1) is 15.2. The molecule has 2 aliphatic rings. The van der Waals surface area contributed by atoms with Crippen LogP contribution in [0.5, 0.6) is 0 Å². The van der Waals surface area contributed by atoms with E-state index in [1.807, 2.05) is 0 Å². The fourth-order valence-corrected chi connectivity index (χ4v) is 2.59. The van der Waals surface area contributed by atoms with E-state index in [9.17, 15) is 9.59 Å². The average molecular weight is 284 g/mol. The highest BCUT2D eigenvalue weighted by molar-refractivity contribution is 5.89. The topological polar surface area (TPSA) is 87.9 Å². The van der Waals surface area contributed by atoms with Gasteiger partial charge in [-0.15, -0.1) is 0 Å². The zero-order chi connectivity index (χ0) is 14.4. The number of ether oxygens (including phenoxy) is 1. The Bertz CT molecular complexity index is 345. The molecular weight excluding hydrogens is 260 g/mol. The fraction of sp³-hybridized carbons (Fsp3) is 0.846. The lowest BCUT2D eigenvalue weighted by molar-refractivity contribution is -0.129. The van der Waals surface area contributed by atoms with Crippen LogP contribution in [0, 0.1) is 5.92 Å². The number of likely N-dealkylation sites (tertiary alicyclic amines) is 1. The lowest BCUT2D eigenvalue weighted by Gasteiger charge is -2.28. The molecule has 0 saturated carbocycles. The molecule has 1 atom stereocenters. The molecule has 2 fully saturated rings. The van der Waals surface area contributed by atoms with E-state index >= 15 is 0 Å². The number of carbonyl (C=O) groups is 2. The normalized spacial score (nSPS) is 24.1. The third-order valence-corrected chi connectivity index (χ3v) is 3.82. The van der Waals surface area contributed by atoms with Crippen molar-refractivity contribution in [3.63, 3.8) is 0 Å². The number of morpholine rings is 1. The van der Waals surface area contributed by atoms with Crippen LogP contribution >= 0.6 is 0 Å². The second kappa shape index (κ2) is 7.56. The zero-order valence-electron chi connectivity index (χ0n) is 11.8. The van der Waals surface area contributed by atoms with Crippen molar-refractivity contribution in [3.05, 3.63) is 0 Å². The van der Waals surface area contributed by atoms with E-state index in [0.29, 0.717) is 32.6 Å². The van der Waals surface area contributed by atoms with E-state index in [4.69, 9.17) is 10.5 Å². The number of nitrogens with two attached hydrogens (primary N) is 1. The molecular formula is C13H24N4O3. The molecule has 0 aromatic heterocycles. The fourth-order valence-electron chi connectivity index (χ4n) is 2.59. The Morgan fingerprint density at radius 1 is 1.35 bits per heavy atom. The monoisotopic (exact) mass is 284 g/mol. The smallest absolute Gasteiger partial charge is 0.225 e. The van der Waals surface area contributed by atoms with Crippen molar-refractivity contribution in [3.8, 4) is 0 Å². The summed E-state index contributed by atoms with van der Waals surface area (Å²) in [4.78, 5) is 27.8. The molecule has 0 aromatic carbocycles. The summed E-state index contributed by atoms with van der Waals surface area (Å²) in [6.07, 6.45) is 0.319. The van der Waals surface area contributed by atoms with Gasteiger partial charge >= 0.3 is 0 Å². The third-order valence-electron chi connectivity index (χ3n) is 3.82. The highest BCUT2D eigenvalue weighted by atomic mass is 16.5. The molecule has 7 heteroatoms.